The number of likely N-dealkylation sites (tertiary alicyclic amines) is 1. The van der Waals surface area contributed by atoms with Gasteiger partial charge in [-0.2, -0.15) is 0 Å². The van der Waals surface area contributed by atoms with Crippen molar-refractivity contribution < 1.29 is 0 Å². The van der Waals surface area contributed by atoms with E-state index in [1.165, 1.54) is 25.9 Å². The Morgan fingerprint density at radius 2 is 1.71 bits per heavy atom. The predicted octanol–water partition coefficient (Wildman–Crippen LogP) is 1.70. The number of piperidine rings is 1. The summed E-state index contributed by atoms with van der Waals surface area (Å²) in [5.41, 5.74) is 0.743. The highest BCUT2D eigenvalue weighted by atomic mass is 15.1. The van der Waals surface area contributed by atoms with Crippen molar-refractivity contribution in [2.24, 2.45) is 5.41 Å². The lowest BCUT2D eigenvalue weighted by molar-refractivity contribution is 0.137. The predicted molar refractivity (Wildman–Crippen MR) is 75.5 cm³/mol. The van der Waals surface area contributed by atoms with Crippen LogP contribution >= 0.6 is 0 Å². The molecule has 0 aromatic heterocycles. The van der Waals surface area contributed by atoms with Crippen molar-refractivity contribution >= 4 is 0 Å². The van der Waals surface area contributed by atoms with Gasteiger partial charge in [-0.05, 0) is 59.2 Å². The third kappa shape index (κ3) is 6.39. The molecule has 1 aliphatic rings. The lowest BCUT2D eigenvalue weighted by atomic mass is 9.80. The monoisotopic (exact) mass is 241 g/mol. The maximum absolute atomic E-state index is 3.60. The topological polar surface area (TPSA) is 27.3 Å². The van der Waals surface area contributed by atoms with Gasteiger partial charge in [-0.1, -0.05) is 6.92 Å². The molecule has 3 heteroatoms. The smallest absolute Gasteiger partial charge is 0.00970 e. The molecule has 0 radical (unpaired) electrons. The van der Waals surface area contributed by atoms with E-state index in [4.69, 9.17) is 0 Å². The van der Waals surface area contributed by atoms with Gasteiger partial charge in [0.15, 0.2) is 0 Å². The zero-order chi connectivity index (χ0) is 12.9. The second kappa shape index (κ2) is 6.17. The lowest BCUT2D eigenvalue weighted by Crippen LogP contribution is -2.45. The fraction of sp³-hybridized carbons (Fsp3) is 1.00. The average Bonchev–Trinajstić information content (AvgIpc) is 2.21. The van der Waals surface area contributed by atoms with Crippen LogP contribution in [0.4, 0.5) is 0 Å². The van der Waals surface area contributed by atoms with Crippen molar-refractivity contribution in [3.05, 3.63) is 0 Å². The van der Waals surface area contributed by atoms with Crippen molar-refractivity contribution in [3.8, 4) is 0 Å². The molecule has 0 unspecified atom stereocenters. The van der Waals surface area contributed by atoms with E-state index in [0.717, 1.165) is 19.6 Å². The summed E-state index contributed by atoms with van der Waals surface area (Å²) < 4.78 is 0. The maximum atomic E-state index is 3.60. The second-order valence-corrected chi connectivity index (χ2v) is 6.97. The molecule has 0 aromatic carbocycles. The molecule has 2 N–H and O–H groups in total. The van der Waals surface area contributed by atoms with Gasteiger partial charge in [0, 0.05) is 25.2 Å². The molecule has 1 fully saturated rings. The van der Waals surface area contributed by atoms with Gasteiger partial charge in [0.05, 0.1) is 0 Å². The van der Waals surface area contributed by atoms with Crippen LogP contribution in [0.3, 0.4) is 0 Å². The van der Waals surface area contributed by atoms with Gasteiger partial charge in [0.2, 0.25) is 0 Å². The Morgan fingerprint density at radius 3 is 2.24 bits per heavy atom. The minimum atomic E-state index is 0.235. The van der Waals surface area contributed by atoms with Crippen LogP contribution in [0.2, 0.25) is 0 Å². The van der Waals surface area contributed by atoms with Crippen LogP contribution in [0.25, 0.3) is 0 Å². The number of nitrogens with one attached hydrogen (secondary N) is 2. The van der Waals surface area contributed by atoms with Crippen LogP contribution in [0.5, 0.6) is 0 Å². The quantitative estimate of drug-likeness (QED) is 0.717. The van der Waals surface area contributed by atoms with E-state index in [0.29, 0.717) is 5.41 Å². The summed E-state index contributed by atoms with van der Waals surface area (Å²) in [7, 11) is 2.22. The molecule has 0 spiro atoms. The maximum Gasteiger partial charge on any atom is 0.00970 e. The number of nitrogens with zero attached hydrogens (tertiary/aromatic N) is 1. The van der Waals surface area contributed by atoms with Gasteiger partial charge in [-0.25, -0.2) is 0 Å². The lowest BCUT2D eigenvalue weighted by Gasteiger charge is -2.38. The van der Waals surface area contributed by atoms with Crippen molar-refractivity contribution in [2.45, 2.75) is 46.1 Å². The molecular formula is C14H31N3. The van der Waals surface area contributed by atoms with E-state index >= 15 is 0 Å². The van der Waals surface area contributed by atoms with E-state index in [2.05, 4.69) is 50.3 Å². The molecule has 0 saturated carbocycles. The summed E-state index contributed by atoms with van der Waals surface area (Å²) in [6.45, 7) is 14.8. The van der Waals surface area contributed by atoms with Crippen LogP contribution in [-0.2, 0) is 0 Å². The highest BCUT2D eigenvalue weighted by molar-refractivity contribution is 4.83. The molecule has 0 amide bonds. The third-order valence-corrected chi connectivity index (χ3v) is 3.70. The normalized spacial score (nSPS) is 21.7. The summed E-state index contributed by atoms with van der Waals surface area (Å²) in [6.07, 6.45) is 2.65. The summed E-state index contributed by atoms with van der Waals surface area (Å²) in [5.74, 6) is 0. The van der Waals surface area contributed by atoms with Crippen molar-refractivity contribution in [1.29, 1.82) is 0 Å². The number of hydrogen-bond acceptors (Lipinski definition) is 3. The minimum absolute atomic E-state index is 0.235. The Bertz CT molecular complexity index is 212. The van der Waals surface area contributed by atoms with Gasteiger partial charge in [-0.3, -0.25) is 0 Å². The summed E-state index contributed by atoms with van der Waals surface area (Å²) >= 11 is 0. The van der Waals surface area contributed by atoms with Crippen LogP contribution in [-0.4, -0.2) is 50.2 Å². The SMILES string of the molecule is CN1CCC(C)(CNCCNC(C)(C)C)CC1. The highest BCUT2D eigenvalue weighted by Gasteiger charge is 2.28. The van der Waals surface area contributed by atoms with Gasteiger partial charge in [0.1, 0.15) is 0 Å². The van der Waals surface area contributed by atoms with E-state index < -0.39 is 0 Å². The van der Waals surface area contributed by atoms with Crippen LogP contribution in [0.15, 0.2) is 0 Å². The second-order valence-electron chi connectivity index (χ2n) is 6.97. The Kier molecular flexibility index (Phi) is 5.42. The van der Waals surface area contributed by atoms with Gasteiger partial charge in [-0.15, -0.1) is 0 Å². The molecule has 1 heterocycles. The van der Waals surface area contributed by atoms with E-state index in [9.17, 15) is 0 Å². The average molecular weight is 241 g/mol. The molecule has 1 rings (SSSR count). The fourth-order valence-corrected chi connectivity index (χ4v) is 2.25. The molecular weight excluding hydrogens is 210 g/mol. The molecule has 102 valence electrons. The molecule has 0 atom stereocenters. The summed E-state index contributed by atoms with van der Waals surface area (Å²) in [6, 6.07) is 0. The first-order valence-electron chi connectivity index (χ1n) is 6.95. The van der Waals surface area contributed by atoms with Crippen LogP contribution in [0.1, 0.15) is 40.5 Å². The van der Waals surface area contributed by atoms with E-state index in [1.807, 2.05) is 0 Å². The largest absolute Gasteiger partial charge is 0.315 e. The van der Waals surface area contributed by atoms with Crippen molar-refractivity contribution in [1.82, 2.24) is 15.5 Å². The Morgan fingerprint density at radius 1 is 1.12 bits per heavy atom. The molecule has 1 aliphatic heterocycles. The zero-order valence-electron chi connectivity index (χ0n) is 12.4. The first-order chi connectivity index (χ1) is 7.81. The summed E-state index contributed by atoms with van der Waals surface area (Å²) in [4.78, 5) is 2.43. The Labute approximate surface area is 107 Å². The number of rotatable bonds is 5. The molecule has 0 aromatic rings. The summed E-state index contributed by atoms with van der Waals surface area (Å²) in [5, 5.41) is 7.11. The van der Waals surface area contributed by atoms with Crippen LogP contribution in [0, 0.1) is 5.41 Å². The minimum Gasteiger partial charge on any atom is -0.315 e. The van der Waals surface area contributed by atoms with Crippen LogP contribution < -0.4 is 10.6 Å². The zero-order valence-corrected chi connectivity index (χ0v) is 12.4. The molecule has 17 heavy (non-hydrogen) atoms. The molecule has 3 nitrogen and oxygen atoms in total. The molecule has 1 saturated heterocycles. The number of hydrogen-bond donors (Lipinski definition) is 2. The van der Waals surface area contributed by atoms with Gasteiger partial charge < -0.3 is 15.5 Å². The van der Waals surface area contributed by atoms with Gasteiger partial charge in [0.25, 0.3) is 0 Å². The third-order valence-electron chi connectivity index (χ3n) is 3.70. The van der Waals surface area contributed by atoms with E-state index in [1.54, 1.807) is 0 Å². The first-order valence-corrected chi connectivity index (χ1v) is 6.95. The molecule has 0 bridgehead atoms. The van der Waals surface area contributed by atoms with Gasteiger partial charge >= 0.3 is 0 Å². The van der Waals surface area contributed by atoms with Crippen molar-refractivity contribution in [3.63, 3.8) is 0 Å². The highest BCUT2D eigenvalue weighted by Crippen LogP contribution is 2.29. The van der Waals surface area contributed by atoms with E-state index in [-0.39, 0.29) is 5.54 Å². The Hall–Kier alpha value is -0.120. The molecule has 0 aliphatic carbocycles. The first kappa shape index (κ1) is 14.9. The van der Waals surface area contributed by atoms with Crippen molar-refractivity contribution in [2.75, 3.05) is 39.8 Å². The Balaban J connectivity index is 2.10. The standard InChI is InChI=1S/C14H31N3/c1-13(2,3)16-9-8-15-12-14(4)6-10-17(5)11-7-14/h15-16H,6-12H2,1-5H3. The fourth-order valence-electron chi connectivity index (χ4n) is 2.25.